The first-order valence-electron chi connectivity index (χ1n) is 11.3. The Hall–Kier alpha value is -3.12. The maximum Gasteiger partial charge on any atom is 0.249 e. The summed E-state index contributed by atoms with van der Waals surface area (Å²) in [5.74, 6) is 0.811. The molecular weight excluding hydrogens is 500 g/mol. The minimum atomic E-state index is -4.21. The second kappa shape index (κ2) is 11.3. The van der Waals surface area contributed by atoms with Crippen LogP contribution in [-0.2, 0) is 24.2 Å². The Morgan fingerprint density at radius 3 is 2.31 bits per heavy atom. The van der Waals surface area contributed by atoms with E-state index in [1.165, 1.54) is 6.08 Å². The number of fused-ring (bicyclic) bond motifs is 1. The van der Waals surface area contributed by atoms with Crippen LogP contribution in [0, 0.1) is 17.8 Å². The third-order valence-corrected chi connectivity index (χ3v) is 9.15. The Kier molecular flexibility index (Phi) is 8.62. The molecule has 9 nitrogen and oxygen atoms in total. The van der Waals surface area contributed by atoms with Crippen LogP contribution in [0.5, 0.6) is 0 Å². The zero-order chi connectivity index (χ0) is 26.5. The van der Waals surface area contributed by atoms with E-state index in [9.17, 15) is 23.2 Å². The second-order valence-electron chi connectivity index (χ2n) is 8.99. The molecule has 5 N–H and O–H groups in total. The van der Waals surface area contributed by atoms with Gasteiger partial charge in [-0.15, -0.1) is 11.3 Å². The molecule has 2 aromatic carbocycles. The van der Waals surface area contributed by atoms with Crippen LogP contribution in [-0.4, -0.2) is 36.7 Å². The number of para-hydroxylation sites is 1. The van der Waals surface area contributed by atoms with Crippen molar-refractivity contribution in [3.63, 3.8) is 0 Å². The van der Waals surface area contributed by atoms with Crippen molar-refractivity contribution in [2.75, 3.05) is 6.26 Å². The average Bonchev–Trinajstić information content (AvgIpc) is 3.28. The summed E-state index contributed by atoms with van der Waals surface area (Å²) in [5, 5.41) is 9.85. The van der Waals surface area contributed by atoms with Gasteiger partial charge in [0.05, 0.1) is 22.1 Å². The summed E-state index contributed by atoms with van der Waals surface area (Å²) in [6, 6.07) is 16.1. The lowest BCUT2D eigenvalue weighted by molar-refractivity contribution is -0.142. The van der Waals surface area contributed by atoms with Gasteiger partial charge in [-0.3, -0.25) is 20.2 Å². The molecule has 1 heterocycles. The van der Waals surface area contributed by atoms with Crippen molar-refractivity contribution in [3.8, 4) is 0 Å². The zero-order valence-electron chi connectivity index (χ0n) is 20.2. The number of rotatable bonds is 10. The molecule has 36 heavy (non-hydrogen) atoms. The van der Waals surface area contributed by atoms with Crippen LogP contribution in [0.15, 0.2) is 60.7 Å². The normalized spacial score (nSPS) is 15.5. The molecule has 0 radical (unpaired) electrons. The average molecular weight is 531 g/mol. The SMILES string of the molecule is CC(C)C[C@@H](C(=O)NN)[C@@H](C(=O)NO)C(/C=C/c1ccccc1)(c1nc2ccccc2s1)S(C)(=O)=O. The first-order valence-corrected chi connectivity index (χ1v) is 14.0. The molecule has 0 saturated heterocycles. The summed E-state index contributed by atoms with van der Waals surface area (Å²) in [5.41, 5.74) is 4.89. The van der Waals surface area contributed by atoms with Crippen LogP contribution >= 0.6 is 11.3 Å². The van der Waals surface area contributed by atoms with Crippen molar-refractivity contribution < 1.29 is 23.2 Å². The Labute approximate surface area is 214 Å². The van der Waals surface area contributed by atoms with Gasteiger partial charge in [0.2, 0.25) is 11.8 Å². The van der Waals surface area contributed by atoms with Crippen LogP contribution in [0.4, 0.5) is 0 Å². The topological polar surface area (TPSA) is 151 Å². The van der Waals surface area contributed by atoms with Gasteiger partial charge < -0.3 is 0 Å². The van der Waals surface area contributed by atoms with Crippen molar-refractivity contribution >= 4 is 49.3 Å². The molecule has 0 aliphatic heterocycles. The number of hydrazine groups is 1. The van der Waals surface area contributed by atoms with Gasteiger partial charge in [-0.1, -0.05) is 68.5 Å². The van der Waals surface area contributed by atoms with Crippen LogP contribution in [0.3, 0.4) is 0 Å². The smallest absolute Gasteiger partial charge is 0.249 e. The fourth-order valence-corrected chi connectivity index (χ4v) is 7.46. The van der Waals surface area contributed by atoms with Gasteiger partial charge in [0.15, 0.2) is 14.6 Å². The lowest BCUT2D eigenvalue weighted by Gasteiger charge is -2.38. The standard InChI is InChI=1S/C25H30N4O5S2/c1-16(2)15-18(22(30)28-26)21(23(31)29-32)25(36(3,33)34,14-13-17-9-5-4-6-10-17)24-27-19-11-7-8-12-20(19)35-24/h4-14,16,18,21,32H,15,26H2,1-3H3,(H,28,30)(H,29,31)/b14-13+/t18-,21+,25?/m1/s1. The Morgan fingerprint density at radius 1 is 1.11 bits per heavy atom. The molecule has 0 saturated carbocycles. The van der Waals surface area contributed by atoms with E-state index in [4.69, 9.17) is 5.84 Å². The van der Waals surface area contributed by atoms with Gasteiger partial charge in [0.25, 0.3) is 0 Å². The molecule has 0 bridgehead atoms. The molecule has 0 fully saturated rings. The van der Waals surface area contributed by atoms with Gasteiger partial charge in [0, 0.05) is 6.26 Å². The van der Waals surface area contributed by atoms with E-state index in [-0.39, 0.29) is 17.3 Å². The number of carbonyl (C=O) groups excluding carboxylic acids is 2. The lowest BCUT2D eigenvalue weighted by atomic mass is 9.75. The molecular formula is C25H30N4O5S2. The maximum atomic E-state index is 13.8. The fraction of sp³-hybridized carbons (Fsp3) is 0.320. The minimum Gasteiger partial charge on any atom is -0.294 e. The first-order chi connectivity index (χ1) is 17.0. The number of sulfone groups is 1. The maximum absolute atomic E-state index is 13.8. The predicted octanol–water partition coefficient (Wildman–Crippen LogP) is 3.02. The summed E-state index contributed by atoms with van der Waals surface area (Å²) in [6.45, 7) is 3.68. The van der Waals surface area contributed by atoms with E-state index in [0.717, 1.165) is 17.6 Å². The van der Waals surface area contributed by atoms with E-state index in [0.29, 0.717) is 15.8 Å². The monoisotopic (exact) mass is 530 g/mol. The number of nitrogens with two attached hydrogens (primary N) is 1. The zero-order valence-corrected chi connectivity index (χ0v) is 21.8. The predicted molar refractivity (Wildman–Crippen MR) is 140 cm³/mol. The number of nitrogens with one attached hydrogen (secondary N) is 2. The molecule has 3 rings (SSSR count). The quantitative estimate of drug-likeness (QED) is 0.136. The highest BCUT2D eigenvalue weighted by Crippen LogP contribution is 2.47. The number of thiazole rings is 1. The molecule has 1 aromatic heterocycles. The van der Waals surface area contributed by atoms with E-state index in [1.807, 2.05) is 19.9 Å². The fourth-order valence-electron chi connectivity index (χ4n) is 4.40. The Bertz CT molecular complexity index is 1320. The van der Waals surface area contributed by atoms with Gasteiger partial charge in [0.1, 0.15) is 5.01 Å². The number of hydrogen-bond acceptors (Lipinski definition) is 8. The number of benzene rings is 2. The summed E-state index contributed by atoms with van der Waals surface area (Å²) < 4.78 is 26.2. The first kappa shape index (κ1) is 27.5. The number of aromatic nitrogens is 1. The molecule has 2 amide bonds. The molecule has 0 aliphatic carbocycles. The summed E-state index contributed by atoms with van der Waals surface area (Å²) in [4.78, 5) is 31.0. The third-order valence-electron chi connectivity index (χ3n) is 6.03. The van der Waals surface area contributed by atoms with Crippen molar-refractivity contribution in [2.24, 2.45) is 23.6 Å². The number of amides is 2. The molecule has 3 aromatic rings. The van der Waals surface area contributed by atoms with Crippen LogP contribution in [0.2, 0.25) is 0 Å². The highest BCUT2D eigenvalue weighted by Gasteiger charge is 2.57. The highest BCUT2D eigenvalue weighted by molar-refractivity contribution is 7.92. The van der Waals surface area contributed by atoms with E-state index in [2.05, 4.69) is 10.4 Å². The van der Waals surface area contributed by atoms with Crippen LogP contribution in [0.1, 0.15) is 30.8 Å². The van der Waals surface area contributed by atoms with Crippen molar-refractivity contribution in [1.82, 2.24) is 15.9 Å². The summed E-state index contributed by atoms with van der Waals surface area (Å²) >= 11 is 1.11. The largest absolute Gasteiger partial charge is 0.294 e. The van der Waals surface area contributed by atoms with Gasteiger partial charge in [-0.2, -0.15) is 0 Å². The molecule has 0 spiro atoms. The number of nitrogens with zero attached hydrogens (tertiary/aromatic N) is 1. The second-order valence-corrected chi connectivity index (χ2v) is 12.2. The number of carbonyl (C=O) groups is 2. The molecule has 192 valence electrons. The van der Waals surface area contributed by atoms with Crippen molar-refractivity contribution in [1.29, 1.82) is 0 Å². The van der Waals surface area contributed by atoms with Crippen LogP contribution < -0.4 is 16.7 Å². The van der Waals surface area contributed by atoms with Crippen molar-refractivity contribution in [3.05, 3.63) is 71.2 Å². The van der Waals surface area contributed by atoms with E-state index < -0.39 is 38.2 Å². The summed E-state index contributed by atoms with van der Waals surface area (Å²) in [6.07, 6.45) is 4.10. The molecule has 11 heteroatoms. The van der Waals surface area contributed by atoms with E-state index >= 15 is 0 Å². The lowest BCUT2D eigenvalue weighted by Crippen LogP contribution is -2.55. The number of hydrogen-bond donors (Lipinski definition) is 4. The number of hydroxylamine groups is 1. The Morgan fingerprint density at radius 2 is 1.75 bits per heavy atom. The summed E-state index contributed by atoms with van der Waals surface area (Å²) in [7, 11) is -4.21. The van der Waals surface area contributed by atoms with Gasteiger partial charge >= 0.3 is 0 Å². The van der Waals surface area contributed by atoms with Gasteiger partial charge in [-0.05, 0) is 30.0 Å². The van der Waals surface area contributed by atoms with Crippen molar-refractivity contribution in [2.45, 2.75) is 25.0 Å². The van der Waals surface area contributed by atoms with E-state index in [1.54, 1.807) is 60.1 Å². The Balaban J connectivity index is 2.44. The molecule has 1 unspecified atom stereocenters. The van der Waals surface area contributed by atoms with Crippen LogP contribution in [0.25, 0.3) is 16.3 Å². The third kappa shape index (κ3) is 5.49. The highest BCUT2D eigenvalue weighted by atomic mass is 32.2. The van der Waals surface area contributed by atoms with Gasteiger partial charge in [-0.25, -0.2) is 24.7 Å². The molecule has 3 atom stereocenters. The molecule has 0 aliphatic rings. The minimum absolute atomic E-state index is 0.102.